The van der Waals surface area contributed by atoms with Crippen molar-refractivity contribution in [3.05, 3.63) is 0 Å². The van der Waals surface area contributed by atoms with Crippen LogP contribution in [0.1, 0.15) is 27.2 Å². The molecule has 1 saturated heterocycles. The number of carbonyl (C=O) groups excluding carboxylic acids is 3. The SMILES string of the molecule is CC(C)(C)OC(=O)CCN1C(=O)NC(CBr)C1=O. The summed E-state index contributed by atoms with van der Waals surface area (Å²) in [4.78, 5) is 35.7. The summed E-state index contributed by atoms with van der Waals surface area (Å²) in [6.07, 6.45) is 0.00539. The lowest BCUT2D eigenvalue weighted by Crippen LogP contribution is -2.35. The highest BCUT2D eigenvalue weighted by molar-refractivity contribution is 9.09. The van der Waals surface area contributed by atoms with Gasteiger partial charge in [0.2, 0.25) is 0 Å². The van der Waals surface area contributed by atoms with Crippen LogP contribution in [0, 0.1) is 0 Å². The van der Waals surface area contributed by atoms with Gasteiger partial charge in [-0.15, -0.1) is 0 Å². The van der Waals surface area contributed by atoms with Crippen molar-refractivity contribution in [3.8, 4) is 0 Å². The van der Waals surface area contributed by atoms with E-state index in [-0.39, 0.29) is 18.9 Å². The van der Waals surface area contributed by atoms with Crippen LogP contribution in [-0.4, -0.2) is 46.3 Å². The van der Waals surface area contributed by atoms with Crippen LogP contribution in [0.2, 0.25) is 0 Å². The Balaban J connectivity index is 2.47. The minimum Gasteiger partial charge on any atom is -0.460 e. The second kappa shape index (κ2) is 5.69. The van der Waals surface area contributed by atoms with Crippen molar-refractivity contribution in [1.29, 1.82) is 0 Å². The Morgan fingerprint density at radius 1 is 1.44 bits per heavy atom. The summed E-state index contributed by atoms with van der Waals surface area (Å²) >= 11 is 3.14. The van der Waals surface area contributed by atoms with Crippen molar-refractivity contribution >= 4 is 33.8 Å². The average Bonchev–Trinajstić information content (AvgIpc) is 2.49. The monoisotopic (exact) mass is 320 g/mol. The molecule has 0 radical (unpaired) electrons. The normalized spacial score (nSPS) is 20.0. The molecule has 1 heterocycles. The van der Waals surface area contributed by atoms with Gasteiger partial charge in [0.15, 0.2) is 0 Å². The topological polar surface area (TPSA) is 75.7 Å². The lowest BCUT2D eigenvalue weighted by atomic mass is 10.2. The molecule has 1 atom stereocenters. The van der Waals surface area contributed by atoms with E-state index in [9.17, 15) is 14.4 Å². The highest BCUT2D eigenvalue weighted by Gasteiger charge is 2.37. The Bertz CT molecular complexity index is 365. The number of hydrogen-bond acceptors (Lipinski definition) is 4. The van der Waals surface area contributed by atoms with Gasteiger partial charge < -0.3 is 10.1 Å². The number of urea groups is 1. The number of ether oxygens (including phenoxy) is 1. The van der Waals surface area contributed by atoms with Crippen molar-refractivity contribution in [2.24, 2.45) is 0 Å². The van der Waals surface area contributed by atoms with Crippen LogP contribution >= 0.6 is 15.9 Å². The van der Waals surface area contributed by atoms with Gasteiger partial charge in [-0.25, -0.2) is 4.79 Å². The van der Waals surface area contributed by atoms with Gasteiger partial charge in [-0.1, -0.05) is 15.9 Å². The highest BCUT2D eigenvalue weighted by atomic mass is 79.9. The lowest BCUT2D eigenvalue weighted by Gasteiger charge is -2.20. The van der Waals surface area contributed by atoms with E-state index in [1.807, 2.05) is 0 Å². The molecular weight excluding hydrogens is 304 g/mol. The Labute approximate surface area is 114 Å². The predicted molar refractivity (Wildman–Crippen MR) is 68.3 cm³/mol. The van der Waals surface area contributed by atoms with Crippen LogP contribution < -0.4 is 5.32 Å². The van der Waals surface area contributed by atoms with E-state index in [1.165, 1.54) is 0 Å². The van der Waals surface area contributed by atoms with E-state index < -0.39 is 23.6 Å². The molecule has 1 aliphatic heterocycles. The summed E-state index contributed by atoms with van der Waals surface area (Å²) in [5.41, 5.74) is -0.563. The third-order valence-electron chi connectivity index (χ3n) is 2.22. The second-order valence-electron chi connectivity index (χ2n) is 4.98. The third-order valence-corrected chi connectivity index (χ3v) is 2.87. The molecule has 0 spiro atoms. The van der Waals surface area contributed by atoms with Crippen LogP contribution in [0.25, 0.3) is 0 Å². The average molecular weight is 321 g/mol. The number of nitrogens with one attached hydrogen (secondary N) is 1. The number of imide groups is 1. The molecule has 6 nitrogen and oxygen atoms in total. The van der Waals surface area contributed by atoms with Gasteiger partial charge in [0.1, 0.15) is 11.6 Å². The molecule has 0 bridgehead atoms. The fourth-order valence-corrected chi connectivity index (χ4v) is 1.93. The number of esters is 1. The minimum atomic E-state index is -0.563. The summed E-state index contributed by atoms with van der Waals surface area (Å²) < 4.78 is 5.10. The van der Waals surface area contributed by atoms with E-state index in [0.717, 1.165) is 4.90 Å². The van der Waals surface area contributed by atoms with Gasteiger partial charge >= 0.3 is 12.0 Å². The summed E-state index contributed by atoms with van der Waals surface area (Å²) in [5.74, 6) is -0.745. The van der Waals surface area contributed by atoms with Gasteiger partial charge in [-0.3, -0.25) is 14.5 Å². The van der Waals surface area contributed by atoms with Crippen molar-refractivity contribution in [1.82, 2.24) is 10.2 Å². The Kier molecular flexibility index (Phi) is 4.72. The van der Waals surface area contributed by atoms with E-state index in [0.29, 0.717) is 5.33 Å². The van der Waals surface area contributed by atoms with E-state index in [2.05, 4.69) is 21.2 Å². The van der Waals surface area contributed by atoms with E-state index in [1.54, 1.807) is 20.8 Å². The first-order valence-corrected chi connectivity index (χ1v) is 6.76. The molecule has 0 saturated carbocycles. The number of nitrogens with zero attached hydrogens (tertiary/aromatic N) is 1. The zero-order valence-electron chi connectivity index (χ0n) is 10.7. The van der Waals surface area contributed by atoms with Gasteiger partial charge in [0.25, 0.3) is 5.91 Å². The summed E-state index contributed by atoms with van der Waals surface area (Å²) in [7, 11) is 0. The van der Waals surface area contributed by atoms with Gasteiger partial charge in [0.05, 0.1) is 6.42 Å². The largest absolute Gasteiger partial charge is 0.460 e. The molecule has 0 aliphatic carbocycles. The summed E-state index contributed by atoms with van der Waals surface area (Å²) in [6, 6.07) is -1.01. The maximum absolute atomic E-state index is 11.7. The van der Waals surface area contributed by atoms with Gasteiger partial charge in [-0.2, -0.15) is 0 Å². The molecule has 1 rings (SSSR count). The fourth-order valence-electron chi connectivity index (χ4n) is 1.49. The number of halogens is 1. The minimum absolute atomic E-state index is 0.00539. The van der Waals surface area contributed by atoms with Crippen LogP contribution in [0.3, 0.4) is 0 Å². The molecule has 7 heteroatoms. The maximum Gasteiger partial charge on any atom is 0.324 e. The van der Waals surface area contributed by atoms with E-state index >= 15 is 0 Å². The van der Waals surface area contributed by atoms with Gasteiger partial charge in [-0.05, 0) is 20.8 Å². The fraction of sp³-hybridized carbons (Fsp3) is 0.727. The third kappa shape index (κ3) is 3.97. The Hall–Kier alpha value is -1.11. The first-order chi connectivity index (χ1) is 8.24. The molecule has 102 valence electrons. The molecule has 18 heavy (non-hydrogen) atoms. The first-order valence-electron chi connectivity index (χ1n) is 5.64. The molecule has 0 aromatic rings. The first kappa shape index (κ1) is 14.9. The molecule has 1 fully saturated rings. The van der Waals surface area contributed by atoms with Crippen molar-refractivity contribution in [2.75, 3.05) is 11.9 Å². The number of hydrogen-bond donors (Lipinski definition) is 1. The molecule has 1 aliphatic rings. The lowest BCUT2D eigenvalue weighted by molar-refractivity contribution is -0.155. The Morgan fingerprint density at radius 2 is 2.06 bits per heavy atom. The molecule has 3 amide bonds. The van der Waals surface area contributed by atoms with Crippen LogP contribution in [-0.2, 0) is 14.3 Å². The molecule has 0 aromatic heterocycles. The summed E-state index contributed by atoms with van der Waals surface area (Å²) in [6.45, 7) is 5.33. The zero-order valence-corrected chi connectivity index (χ0v) is 12.2. The van der Waals surface area contributed by atoms with Crippen molar-refractivity contribution < 1.29 is 19.1 Å². The zero-order chi connectivity index (χ0) is 13.9. The second-order valence-corrected chi connectivity index (χ2v) is 5.63. The quantitative estimate of drug-likeness (QED) is 0.477. The number of alkyl halides is 1. The van der Waals surface area contributed by atoms with Crippen molar-refractivity contribution in [3.63, 3.8) is 0 Å². The maximum atomic E-state index is 11.7. The summed E-state index contributed by atoms with van der Waals surface area (Å²) in [5, 5.41) is 2.88. The molecule has 1 N–H and O–H groups in total. The van der Waals surface area contributed by atoms with Crippen LogP contribution in [0.5, 0.6) is 0 Å². The number of rotatable bonds is 4. The predicted octanol–water partition coefficient (Wildman–Crippen LogP) is 1.03. The van der Waals surface area contributed by atoms with Gasteiger partial charge in [0, 0.05) is 11.9 Å². The Morgan fingerprint density at radius 3 is 2.50 bits per heavy atom. The molecule has 0 aromatic carbocycles. The number of carbonyl (C=O) groups is 3. The molecular formula is C11H17BrN2O4. The van der Waals surface area contributed by atoms with E-state index in [4.69, 9.17) is 4.74 Å². The number of amides is 3. The van der Waals surface area contributed by atoms with Crippen LogP contribution in [0.15, 0.2) is 0 Å². The smallest absolute Gasteiger partial charge is 0.324 e. The standard InChI is InChI=1S/C11H17BrN2O4/c1-11(2,3)18-8(15)4-5-14-9(16)7(6-12)13-10(14)17/h7H,4-6H2,1-3H3,(H,13,17). The highest BCUT2D eigenvalue weighted by Crippen LogP contribution is 2.11. The van der Waals surface area contributed by atoms with Crippen LogP contribution in [0.4, 0.5) is 4.79 Å². The van der Waals surface area contributed by atoms with Crippen molar-refractivity contribution in [2.45, 2.75) is 38.8 Å². The molecule has 1 unspecified atom stereocenters.